The van der Waals surface area contributed by atoms with Crippen LogP contribution >= 0.6 is 0 Å². The zero-order chi connectivity index (χ0) is 13.7. The van der Waals surface area contributed by atoms with Gasteiger partial charge in [0.2, 0.25) is 12.3 Å². The first-order valence-corrected chi connectivity index (χ1v) is 6.07. The number of hydrogen-bond acceptors (Lipinski definition) is 7. The molecule has 0 saturated carbocycles. The monoisotopic (exact) mass is 263 g/mol. The highest BCUT2D eigenvalue weighted by molar-refractivity contribution is 5.53. The van der Waals surface area contributed by atoms with Crippen molar-refractivity contribution >= 4 is 11.5 Å². The minimum atomic E-state index is 0.0318. The van der Waals surface area contributed by atoms with Crippen molar-refractivity contribution in [3.63, 3.8) is 0 Å². The van der Waals surface area contributed by atoms with Crippen LogP contribution < -0.4 is 15.8 Å². The van der Waals surface area contributed by atoms with Crippen LogP contribution in [-0.4, -0.2) is 27.8 Å². The lowest BCUT2D eigenvalue weighted by atomic mass is 10.3. The van der Waals surface area contributed by atoms with Gasteiger partial charge in [-0.25, -0.2) is 0 Å². The van der Waals surface area contributed by atoms with Gasteiger partial charge in [-0.1, -0.05) is 5.16 Å². The maximum absolute atomic E-state index is 5.80. The Labute approximate surface area is 111 Å². The second-order valence-corrected chi connectivity index (χ2v) is 4.28. The summed E-state index contributed by atoms with van der Waals surface area (Å²) in [5.41, 5.74) is 6.32. The molecule has 0 aliphatic rings. The fraction of sp³-hybridized carbons (Fsp3) is 0.417. The molecule has 0 aromatic carbocycles. The molecule has 0 spiro atoms. The Morgan fingerprint density at radius 2 is 2.26 bits per heavy atom. The molecular formula is C12H17N5O2. The Kier molecular flexibility index (Phi) is 4.17. The Morgan fingerprint density at radius 3 is 2.95 bits per heavy atom. The van der Waals surface area contributed by atoms with Crippen molar-refractivity contribution in [2.24, 2.45) is 0 Å². The third-order valence-corrected chi connectivity index (χ3v) is 2.30. The molecular weight excluding hydrogens is 246 g/mol. The summed E-state index contributed by atoms with van der Waals surface area (Å²) in [6.45, 7) is 4.51. The molecule has 0 aliphatic heterocycles. The molecule has 0 fully saturated rings. The van der Waals surface area contributed by atoms with Crippen LogP contribution in [0.4, 0.5) is 11.5 Å². The van der Waals surface area contributed by atoms with E-state index in [2.05, 4.69) is 25.0 Å². The number of nitrogens with zero attached hydrogens (tertiary/aromatic N) is 3. The molecule has 0 unspecified atom stereocenters. The van der Waals surface area contributed by atoms with Gasteiger partial charge in [-0.2, -0.15) is 9.97 Å². The van der Waals surface area contributed by atoms with Crippen LogP contribution in [-0.2, 0) is 6.42 Å². The summed E-state index contributed by atoms with van der Waals surface area (Å²) in [7, 11) is 0. The van der Waals surface area contributed by atoms with Crippen LogP contribution in [0.2, 0.25) is 0 Å². The van der Waals surface area contributed by atoms with E-state index in [4.69, 9.17) is 10.5 Å². The van der Waals surface area contributed by atoms with Crippen LogP contribution in [0, 0.1) is 0 Å². The van der Waals surface area contributed by atoms with Gasteiger partial charge in [-0.3, -0.25) is 0 Å². The van der Waals surface area contributed by atoms with Gasteiger partial charge in [0.1, 0.15) is 5.82 Å². The van der Waals surface area contributed by atoms with Crippen molar-refractivity contribution in [1.82, 2.24) is 15.1 Å². The first-order chi connectivity index (χ1) is 9.15. The lowest BCUT2D eigenvalue weighted by molar-refractivity contribution is 0.234. The summed E-state index contributed by atoms with van der Waals surface area (Å²) in [4.78, 5) is 8.24. The smallest absolute Gasteiger partial charge is 0.239 e. The summed E-state index contributed by atoms with van der Waals surface area (Å²) < 4.78 is 10.2. The summed E-state index contributed by atoms with van der Waals surface area (Å²) in [6.07, 6.45) is 2.00. The highest BCUT2D eigenvalue weighted by atomic mass is 16.5. The van der Waals surface area contributed by atoms with E-state index >= 15 is 0 Å². The van der Waals surface area contributed by atoms with E-state index in [9.17, 15) is 0 Å². The van der Waals surface area contributed by atoms with Gasteiger partial charge >= 0.3 is 0 Å². The second kappa shape index (κ2) is 6.03. The molecule has 0 radical (unpaired) electrons. The summed E-state index contributed by atoms with van der Waals surface area (Å²) in [5.74, 6) is 1.80. The number of aromatic nitrogens is 3. The van der Waals surface area contributed by atoms with Crippen molar-refractivity contribution in [2.75, 3.05) is 17.6 Å². The quantitative estimate of drug-likeness (QED) is 0.814. The van der Waals surface area contributed by atoms with Crippen LogP contribution in [0.15, 0.2) is 23.0 Å². The summed E-state index contributed by atoms with van der Waals surface area (Å²) in [5, 5.41) is 6.88. The van der Waals surface area contributed by atoms with Gasteiger partial charge in [-0.05, 0) is 26.0 Å². The predicted octanol–water partition coefficient (Wildman–Crippen LogP) is 1.49. The first kappa shape index (κ1) is 13.1. The van der Waals surface area contributed by atoms with Crippen molar-refractivity contribution < 1.29 is 9.26 Å². The third-order valence-electron chi connectivity index (χ3n) is 2.30. The molecule has 0 bridgehead atoms. The van der Waals surface area contributed by atoms with Gasteiger partial charge in [0.25, 0.3) is 0 Å². The fourth-order valence-corrected chi connectivity index (χ4v) is 1.47. The number of nitrogens with two attached hydrogens (primary N) is 1. The van der Waals surface area contributed by atoms with Gasteiger partial charge in [0, 0.05) is 13.0 Å². The number of nitrogen functional groups attached to an aromatic ring is 1. The molecule has 7 heteroatoms. The number of hydrogen-bond donors (Lipinski definition) is 2. The molecule has 19 heavy (non-hydrogen) atoms. The molecule has 7 nitrogen and oxygen atoms in total. The molecule has 102 valence electrons. The number of nitrogens with one attached hydrogen (secondary N) is 1. The Balaban J connectivity index is 1.93. The van der Waals surface area contributed by atoms with E-state index in [1.54, 1.807) is 12.1 Å². The topological polar surface area (TPSA) is 99.1 Å². The lowest BCUT2D eigenvalue weighted by Gasteiger charge is -2.12. The van der Waals surface area contributed by atoms with Gasteiger partial charge in [0.05, 0.1) is 11.8 Å². The highest BCUT2D eigenvalue weighted by Gasteiger charge is 2.06. The van der Waals surface area contributed by atoms with Crippen LogP contribution in [0.1, 0.15) is 19.7 Å². The molecule has 0 amide bonds. The largest absolute Gasteiger partial charge is 0.473 e. The maximum atomic E-state index is 5.80. The summed E-state index contributed by atoms with van der Waals surface area (Å²) >= 11 is 0. The Morgan fingerprint density at radius 1 is 1.42 bits per heavy atom. The zero-order valence-electron chi connectivity index (χ0n) is 11.0. The number of rotatable bonds is 6. The average molecular weight is 263 g/mol. The van der Waals surface area contributed by atoms with Crippen molar-refractivity contribution in [1.29, 1.82) is 0 Å². The minimum Gasteiger partial charge on any atom is -0.473 e. The molecule has 2 aromatic heterocycles. The maximum Gasteiger partial charge on any atom is 0.239 e. The van der Waals surface area contributed by atoms with E-state index < -0.39 is 0 Å². The fourth-order valence-electron chi connectivity index (χ4n) is 1.47. The Bertz CT molecular complexity index is 513. The lowest BCUT2D eigenvalue weighted by Crippen LogP contribution is -2.11. The van der Waals surface area contributed by atoms with E-state index in [-0.39, 0.29) is 6.10 Å². The number of ether oxygens (including phenoxy) is 1. The zero-order valence-corrected chi connectivity index (χ0v) is 11.0. The molecule has 2 rings (SSSR count). The van der Waals surface area contributed by atoms with Crippen molar-refractivity contribution in [3.8, 4) is 5.88 Å². The summed E-state index contributed by atoms with van der Waals surface area (Å²) in [6, 6.07) is 3.57. The highest BCUT2D eigenvalue weighted by Crippen LogP contribution is 2.21. The number of anilines is 2. The van der Waals surface area contributed by atoms with Gasteiger partial charge in [0.15, 0.2) is 5.82 Å². The second-order valence-electron chi connectivity index (χ2n) is 4.28. The minimum absolute atomic E-state index is 0.0318. The SMILES string of the molecule is CC(C)Oc1nc(NCCc2ncon2)ccc1N. The first-order valence-electron chi connectivity index (χ1n) is 6.07. The van der Waals surface area contributed by atoms with Crippen LogP contribution in [0.25, 0.3) is 0 Å². The van der Waals surface area contributed by atoms with Crippen LogP contribution in [0.3, 0.4) is 0 Å². The van der Waals surface area contributed by atoms with E-state index in [1.165, 1.54) is 6.39 Å². The molecule has 2 aromatic rings. The standard InChI is InChI=1S/C12H17N5O2/c1-8(2)19-12-9(13)3-4-10(16-12)14-6-5-11-15-7-18-17-11/h3-4,7-8H,5-6,13H2,1-2H3,(H,14,16). The molecule has 0 atom stereocenters. The third kappa shape index (κ3) is 3.84. The predicted molar refractivity (Wildman–Crippen MR) is 70.9 cm³/mol. The van der Waals surface area contributed by atoms with E-state index in [1.807, 2.05) is 13.8 Å². The van der Waals surface area contributed by atoms with Gasteiger partial charge in [-0.15, -0.1) is 0 Å². The van der Waals surface area contributed by atoms with Crippen molar-refractivity contribution in [3.05, 3.63) is 24.4 Å². The van der Waals surface area contributed by atoms with Crippen molar-refractivity contribution in [2.45, 2.75) is 26.4 Å². The average Bonchev–Trinajstić information content (AvgIpc) is 2.86. The van der Waals surface area contributed by atoms with Crippen LogP contribution in [0.5, 0.6) is 5.88 Å². The van der Waals surface area contributed by atoms with E-state index in [0.29, 0.717) is 36.2 Å². The normalized spacial score (nSPS) is 10.7. The Hall–Kier alpha value is -2.31. The molecule has 2 heterocycles. The molecule has 3 N–H and O–H groups in total. The molecule has 0 saturated heterocycles. The van der Waals surface area contributed by atoms with Gasteiger partial charge < -0.3 is 20.3 Å². The number of pyridine rings is 1. The molecule has 0 aliphatic carbocycles. The van der Waals surface area contributed by atoms with E-state index in [0.717, 1.165) is 0 Å².